The lowest BCUT2D eigenvalue weighted by molar-refractivity contribution is -0.149. The highest BCUT2D eigenvalue weighted by Gasteiger charge is 2.17. The minimum atomic E-state index is -0.935. The molecule has 0 radical (unpaired) electrons. The standard InChI is InChI=1S/C14H19BrO4/c1-3-18-13(14(16)17)8-11-4-6-12(7-5-11)19-9-10(2)15/h4-7,10,13H,3,8-9H2,1-2H3,(H,16,17). The third kappa shape index (κ3) is 6.07. The van der Waals surface area contributed by atoms with Gasteiger partial charge in [-0.1, -0.05) is 28.1 Å². The molecule has 4 nitrogen and oxygen atoms in total. The van der Waals surface area contributed by atoms with Crippen molar-refractivity contribution in [3.63, 3.8) is 0 Å². The molecular weight excluding hydrogens is 312 g/mol. The molecule has 0 heterocycles. The number of aliphatic carboxylic acids is 1. The molecule has 1 N–H and O–H groups in total. The van der Waals surface area contributed by atoms with E-state index >= 15 is 0 Å². The number of hydrogen-bond donors (Lipinski definition) is 1. The molecule has 5 heteroatoms. The van der Waals surface area contributed by atoms with Crippen LogP contribution in [0, 0.1) is 0 Å². The molecule has 0 saturated heterocycles. The molecule has 0 aliphatic rings. The highest BCUT2D eigenvalue weighted by molar-refractivity contribution is 9.09. The molecule has 19 heavy (non-hydrogen) atoms. The van der Waals surface area contributed by atoms with Gasteiger partial charge in [-0.2, -0.15) is 0 Å². The first-order valence-electron chi connectivity index (χ1n) is 6.23. The molecule has 0 fully saturated rings. The normalized spacial score (nSPS) is 13.8. The number of carboxylic acid groups (broad SMARTS) is 1. The molecule has 0 bridgehead atoms. The summed E-state index contributed by atoms with van der Waals surface area (Å²) in [5.74, 6) is -0.159. The van der Waals surface area contributed by atoms with Crippen LogP contribution in [-0.4, -0.2) is 35.2 Å². The molecule has 0 aromatic heterocycles. The summed E-state index contributed by atoms with van der Waals surface area (Å²) >= 11 is 3.41. The van der Waals surface area contributed by atoms with Crippen molar-refractivity contribution in [1.29, 1.82) is 0 Å². The van der Waals surface area contributed by atoms with E-state index in [1.54, 1.807) is 6.92 Å². The Morgan fingerprint density at radius 1 is 1.37 bits per heavy atom. The summed E-state index contributed by atoms with van der Waals surface area (Å²) in [5, 5.41) is 9.01. The van der Waals surface area contributed by atoms with Crippen molar-refractivity contribution in [3.8, 4) is 5.75 Å². The maximum atomic E-state index is 11.0. The molecule has 0 aliphatic heterocycles. The summed E-state index contributed by atoms with van der Waals surface area (Å²) in [6, 6.07) is 7.41. The van der Waals surface area contributed by atoms with E-state index in [2.05, 4.69) is 15.9 Å². The van der Waals surface area contributed by atoms with E-state index in [4.69, 9.17) is 14.6 Å². The highest BCUT2D eigenvalue weighted by atomic mass is 79.9. The van der Waals surface area contributed by atoms with E-state index in [0.717, 1.165) is 11.3 Å². The molecule has 0 saturated carbocycles. The zero-order valence-electron chi connectivity index (χ0n) is 11.1. The minimum Gasteiger partial charge on any atom is -0.492 e. The van der Waals surface area contributed by atoms with Crippen molar-refractivity contribution in [2.45, 2.75) is 31.2 Å². The number of ether oxygens (including phenoxy) is 2. The van der Waals surface area contributed by atoms with Crippen molar-refractivity contribution < 1.29 is 19.4 Å². The average Bonchev–Trinajstić information content (AvgIpc) is 2.37. The quantitative estimate of drug-likeness (QED) is 0.744. The number of alkyl halides is 1. The lowest BCUT2D eigenvalue weighted by atomic mass is 10.1. The number of halogens is 1. The fraction of sp³-hybridized carbons (Fsp3) is 0.500. The van der Waals surface area contributed by atoms with Crippen molar-refractivity contribution in [2.75, 3.05) is 13.2 Å². The second kappa shape index (κ2) is 8.17. The Hall–Kier alpha value is -1.07. The monoisotopic (exact) mass is 330 g/mol. The number of carboxylic acids is 1. The van der Waals surface area contributed by atoms with E-state index in [1.165, 1.54) is 0 Å². The maximum absolute atomic E-state index is 11.0. The maximum Gasteiger partial charge on any atom is 0.333 e. The highest BCUT2D eigenvalue weighted by Crippen LogP contribution is 2.15. The van der Waals surface area contributed by atoms with E-state index < -0.39 is 12.1 Å². The predicted molar refractivity (Wildman–Crippen MR) is 77.1 cm³/mol. The van der Waals surface area contributed by atoms with Gasteiger partial charge in [-0.25, -0.2) is 4.79 Å². The van der Waals surface area contributed by atoms with Gasteiger partial charge >= 0.3 is 5.97 Å². The predicted octanol–water partition coefficient (Wildman–Crippen LogP) is 2.88. The number of carbonyl (C=O) groups is 1. The Morgan fingerprint density at radius 2 is 2.00 bits per heavy atom. The van der Waals surface area contributed by atoms with Crippen LogP contribution in [0.2, 0.25) is 0 Å². The largest absolute Gasteiger partial charge is 0.492 e. The third-order valence-corrected chi connectivity index (χ3v) is 2.73. The topological polar surface area (TPSA) is 55.8 Å². The van der Waals surface area contributed by atoms with Crippen LogP contribution in [-0.2, 0) is 16.0 Å². The molecular formula is C14H19BrO4. The Balaban J connectivity index is 2.57. The fourth-order valence-corrected chi connectivity index (χ4v) is 1.70. The Bertz CT molecular complexity index is 389. The summed E-state index contributed by atoms with van der Waals surface area (Å²) in [6.45, 7) is 4.78. The summed E-state index contributed by atoms with van der Waals surface area (Å²) < 4.78 is 10.7. The Labute approximate surface area is 121 Å². The third-order valence-electron chi connectivity index (χ3n) is 2.47. The molecule has 106 valence electrons. The van der Waals surface area contributed by atoms with Gasteiger partial charge in [-0.15, -0.1) is 0 Å². The van der Waals surface area contributed by atoms with Crippen LogP contribution in [0.25, 0.3) is 0 Å². The first-order valence-corrected chi connectivity index (χ1v) is 7.14. The van der Waals surface area contributed by atoms with Crippen molar-refractivity contribution >= 4 is 21.9 Å². The van der Waals surface area contributed by atoms with Gasteiger partial charge in [0.15, 0.2) is 6.10 Å². The zero-order chi connectivity index (χ0) is 14.3. The van der Waals surface area contributed by atoms with Gasteiger partial charge in [0.05, 0.1) is 0 Å². The van der Waals surface area contributed by atoms with Crippen LogP contribution in [0.4, 0.5) is 0 Å². The van der Waals surface area contributed by atoms with E-state index in [9.17, 15) is 4.79 Å². The van der Waals surface area contributed by atoms with Gasteiger partial charge in [0, 0.05) is 17.9 Å². The Morgan fingerprint density at radius 3 is 2.47 bits per heavy atom. The lowest BCUT2D eigenvalue weighted by Crippen LogP contribution is -2.26. The van der Waals surface area contributed by atoms with Crippen LogP contribution in [0.3, 0.4) is 0 Å². The summed E-state index contributed by atoms with van der Waals surface area (Å²) in [6.07, 6.45) is -0.433. The molecule has 1 aromatic rings. The van der Waals surface area contributed by atoms with Gasteiger partial charge in [0.2, 0.25) is 0 Å². The van der Waals surface area contributed by atoms with Crippen molar-refractivity contribution in [3.05, 3.63) is 29.8 Å². The van der Waals surface area contributed by atoms with Crippen LogP contribution in [0.15, 0.2) is 24.3 Å². The van der Waals surface area contributed by atoms with E-state index in [-0.39, 0.29) is 0 Å². The fourth-order valence-electron chi connectivity index (χ4n) is 1.57. The lowest BCUT2D eigenvalue weighted by Gasteiger charge is -2.13. The van der Waals surface area contributed by atoms with E-state index in [0.29, 0.717) is 24.5 Å². The van der Waals surface area contributed by atoms with Crippen LogP contribution < -0.4 is 4.74 Å². The molecule has 1 rings (SSSR count). The number of hydrogen-bond acceptors (Lipinski definition) is 3. The molecule has 0 aliphatic carbocycles. The molecule has 2 atom stereocenters. The molecule has 0 spiro atoms. The molecule has 0 amide bonds. The smallest absolute Gasteiger partial charge is 0.333 e. The molecule has 1 aromatic carbocycles. The van der Waals surface area contributed by atoms with Gasteiger partial charge in [-0.3, -0.25) is 0 Å². The van der Waals surface area contributed by atoms with Gasteiger partial charge in [-0.05, 0) is 31.5 Å². The minimum absolute atomic E-state index is 0.293. The van der Waals surface area contributed by atoms with Crippen molar-refractivity contribution in [1.82, 2.24) is 0 Å². The zero-order valence-corrected chi connectivity index (χ0v) is 12.7. The number of benzene rings is 1. The van der Waals surface area contributed by atoms with Crippen molar-refractivity contribution in [2.24, 2.45) is 0 Å². The van der Waals surface area contributed by atoms with Crippen LogP contribution >= 0.6 is 15.9 Å². The summed E-state index contributed by atoms with van der Waals surface area (Å²) in [7, 11) is 0. The summed E-state index contributed by atoms with van der Waals surface area (Å²) in [4.78, 5) is 11.3. The van der Waals surface area contributed by atoms with Crippen LogP contribution in [0.5, 0.6) is 5.75 Å². The second-order valence-electron chi connectivity index (χ2n) is 4.22. The van der Waals surface area contributed by atoms with Gasteiger partial charge < -0.3 is 14.6 Å². The van der Waals surface area contributed by atoms with Gasteiger partial charge in [0.1, 0.15) is 12.4 Å². The number of rotatable bonds is 8. The SMILES string of the molecule is CCOC(Cc1ccc(OCC(C)Br)cc1)C(=O)O. The van der Waals surface area contributed by atoms with Gasteiger partial charge in [0.25, 0.3) is 0 Å². The summed E-state index contributed by atoms with van der Waals surface area (Å²) in [5.41, 5.74) is 0.917. The Kier molecular flexibility index (Phi) is 6.87. The first-order chi connectivity index (χ1) is 9.02. The van der Waals surface area contributed by atoms with Crippen LogP contribution in [0.1, 0.15) is 19.4 Å². The van der Waals surface area contributed by atoms with E-state index in [1.807, 2.05) is 31.2 Å². The second-order valence-corrected chi connectivity index (χ2v) is 5.79. The molecule has 2 unspecified atom stereocenters. The average molecular weight is 331 g/mol. The first kappa shape index (κ1) is 16.0.